The number of piperidine rings is 1. The number of nitrogens with two attached hydrogens (primary N) is 1. The third-order valence-electron chi connectivity index (χ3n) is 4.13. The molecule has 2 aliphatic rings. The lowest BCUT2D eigenvalue weighted by Gasteiger charge is -2.45. The highest BCUT2D eigenvalue weighted by Crippen LogP contribution is 2.35. The maximum Gasteiger partial charge on any atom is 0.208 e. The maximum absolute atomic E-state index is 5.64. The first-order valence-corrected chi connectivity index (χ1v) is 7.14. The minimum Gasteiger partial charge on any atom is -0.339 e. The van der Waals surface area contributed by atoms with E-state index in [4.69, 9.17) is 5.84 Å². The van der Waals surface area contributed by atoms with Crippen molar-refractivity contribution in [3.05, 3.63) is 0 Å². The number of hydrogen-bond donors (Lipinski definition) is 2. The van der Waals surface area contributed by atoms with Crippen molar-refractivity contribution in [2.24, 2.45) is 16.8 Å². The van der Waals surface area contributed by atoms with E-state index in [1.54, 1.807) is 0 Å². The molecular formula is C13H26N4. The summed E-state index contributed by atoms with van der Waals surface area (Å²) >= 11 is 0. The second-order valence-corrected chi connectivity index (χ2v) is 5.30. The van der Waals surface area contributed by atoms with E-state index in [2.05, 4.69) is 22.2 Å². The van der Waals surface area contributed by atoms with Gasteiger partial charge in [-0.25, -0.2) is 5.84 Å². The molecule has 1 saturated heterocycles. The van der Waals surface area contributed by atoms with E-state index >= 15 is 0 Å². The van der Waals surface area contributed by atoms with Gasteiger partial charge in [0.1, 0.15) is 0 Å². The van der Waals surface area contributed by atoms with Crippen LogP contribution in [0.4, 0.5) is 0 Å². The number of fused-ring (bicyclic) bond motifs is 1. The van der Waals surface area contributed by atoms with Gasteiger partial charge in [-0.1, -0.05) is 19.8 Å². The smallest absolute Gasteiger partial charge is 0.208 e. The van der Waals surface area contributed by atoms with E-state index in [0.29, 0.717) is 6.04 Å². The predicted octanol–water partition coefficient (Wildman–Crippen LogP) is 1.87. The van der Waals surface area contributed by atoms with Gasteiger partial charge < -0.3 is 4.90 Å². The van der Waals surface area contributed by atoms with Gasteiger partial charge in [0.25, 0.3) is 0 Å². The number of aliphatic imine (C=N–C) groups is 1. The lowest BCUT2D eigenvalue weighted by Crippen LogP contribution is -2.55. The molecule has 2 fully saturated rings. The van der Waals surface area contributed by atoms with Gasteiger partial charge in [0.05, 0.1) is 0 Å². The number of hydrogen-bond acceptors (Lipinski definition) is 2. The Balaban J connectivity index is 2.06. The van der Waals surface area contributed by atoms with Gasteiger partial charge in [0.2, 0.25) is 5.96 Å². The van der Waals surface area contributed by atoms with Crippen LogP contribution in [0.2, 0.25) is 0 Å². The van der Waals surface area contributed by atoms with E-state index < -0.39 is 0 Å². The van der Waals surface area contributed by atoms with Crippen LogP contribution in [0.5, 0.6) is 0 Å². The molecule has 17 heavy (non-hydrogen) atoms. The van der Waals surface area contributed by atoms with Crippen molar-refractivity contribution in [1.29, 1.82) is 0 Å². The highest BCUT2D eigenvalue weighted by atomic mass is 15.4. The van der Waals surface area contributed by atoms with Crippen LogP contribution < -0.4 is 11.3 Å². The Morgan fingerprint density at radius 1 is 1.29 bits per heavy atom. The maximum atomic E-state index is 5.64. The van der Waals surface area contributed by atoms with Crippen LogP contribution in [-0.2, 0) is 0 Å². The molecule has 0 amide bonds. The zero-order valence-electron chi connectivity index (χ0n) is 11.0. The summed E-state index contributed by atoms with van der Waals surface area (Å²) in [5, 5.41) is 0. The van der Waals surface area contributed by atoms with Gasteiger partial charge in [-0.2, -0.15) is 0 Å². The lowest BCUT2D eigenvalue weighted by atomic mass is 9.78. The normalized spacial score (nSPS) is 30.0. The van der Waals surface area contributed by atoms with Crippen LogP contribution in [0.3, 0.4) is 0 Å². The SMILES string of the molecule is CCCN=C(NN)N1CCC[C@H]2CCCC[C@H]21. The van der Waals surface area contributed by atoms with Crippen molar-refractivity contribution in [3.8, 4) is 0 Å². The van der Waals surface area contributed by atoms with Gasteiger partial charge in [0.15, 0.2) is 0 Å². The molecule has 0 aromatic rings. The Morgan fingerprint density at radius 3 is 2.82 bits per heavy atom. The number of rotatable bonds is 2. The average Bonchev–Trinajstić information content (AvgIpc) is 2.40. The summed E-state index contributed by atoms with van der Waals surface area (Å²) in [5.74, 6) is 7.44. The van der Waals surface area contributed by atoms with E-state index in [0.717, 1.165) is 31.4 Å². The molecule has 1 aliphatic carbocycles. The fourth-order valence-electron chi connectivity index (χ4n) is 3.32. The summed E-state index contributed by atoms with van der Waals surface area (Å²) < 4.78 is 0. The molecule has 98 valence electrons. The Hall–Kier alpha value is -0.770. The molecule has 0 aromatic heterocycles. The molecule has 0 radical (unpaired) electrons. The predicted molar refractivity (Wildman–Crippen MR) is 71.6 cm³/mol. The first kappa shape index (κ1) is 12.7. The molecule has 2 rings (SSSR count). The standard InChI is InChI=1S/C13H26N4/c1-2-9-15-13(16-14)17-10-5-7-11-6-3-4-8-12(11)17/h11-12H,2-10,14H2,1H3,(H,15,16)/t11-,12-/m1/s1. The first-order chi connectivity index (χ1) is 8.36. The first-order valence-electron chi connectivity index (χ1n) is 7.14. The average molecular weight is 238 g/mol. The van der Waals surface area contributed by atoms with Crippen molar-refractivity contribution in [2.75, 3.05) is 13.1 Å². The molecule has 0 bridgehead atoms. The molecule has 0 unspecified atom stereocenters. The van der Waals surface area contributed by atoms with Crippen molar-refractivity contribution >= 4 is 5.96 Å². The van der Waals surface area contributed by atoms with E-state index in [9.17, 15) is 0 Å². The van der Waals surface area contributed by atoms with Gasteiger partial charge in [-0.3, -0.25) is 10.4 Å². The molecule has 2 atom stereocenters. The summed E-state index contributed by atoms with van der Waals surface area (Å²) in [6.07, 6.45) is 9.24. The molecule has 1 aliphatic heterocycles. The van der Waals surface area contributed by atoms with Crippen molar-refractivity contribution in [3.63, 3.8) is 0 Å². The third kappa shape index (κ3) is 2.92. The molecule has 4 heteroatoms. The van der Waals surface area contributed by atoms with Crippen molar-refractivity contribution < 1.29 is 0 Å². The summed E-state index contributed by atoms with van der Waals surface area (Å²) in [4.78, 5) is 7.02. The molecule has 1 saturated carbocycles. The second kappa shape index (κ2) is 6.24. The number of guanidine groups is 1. The number of nitrogens with one attached hydrogen (secondary N) is 1. The van der Waals surface area contributed by atoms with E-state index in [1.807, 2.05) is 0 Å². The highest BCUT2D eigenvalue weighted by Gasteiger charge is 2.34. The Bertz CT molecular complexity index is 262. The minimum absolute atomic E-state index is 0.684. The molecule has 0 aromatic carbocycles. The quantitative estimate of drug-likeness (QED) is 0.334. The van der Waals surface area contributed by atoms with Gasteiger partial charge in [-0.15, -0.1) is 0 Å². The summed E-state index contributed by atoms with van der Waals surface area (Å²) in [6.45, 7) is 4.14. The van der Waals surface area contributed by atoms with Crippen LogP contribution >= 0.6 is 0 Å². The fourth-order valence-corrected chi connectivity index (χ4v) is 3.32. The Morgan fingerprint density at radius 2 is 2.06 bits per heavy atom. The monoisotopic (exact) mass is 238 g/mol. The topological polar surface area (TPSA) is 53.6 Å². The molecule has 3 N–H and O–H groups in total. The zero-order valence-corrected chi connectivity index (χ0v) is 11.0. The fraction of sp³-hybridized carbons (Fsp3) is 0.923. The van der Waals surface area contributed by atoms with Crippen LogP contribution in [-0.4, -0.2) is 30.0 Å². The summed E-state index contributed by atoms with van der Waals surface area (Å²) in [7, 11) is 0. The van der Waals surface area contributed by atoms with Gasteiger partial charge in [0, 0.05) is 19.1 Å². The highest BCUT2D eigenvalue weighted by molar-refractivity contribution is 5.79. The summed E-state index contributed by atoms with van der Waals surface area (Å²) in [5.41, 5.74) is 2.82. The van der Waals surface area contributed by atoms with Crippen LogP contribution in [0, 0.1) is 5.92 Å². The number of likely N-dealkylation sites (tertiary alicyclic amines) is 1. The Kier molecular flexibility index (Phi) is 4.66. The summed E-state index contributed by atoms with van der Waals surface area (Å²) in [6, 6.07) is 0.684. The lowest BCUT2D eigenvalue weighted by molar-refractivity contribution is 0.116. The van der Waals surface area contributed by atoms with Crippen LogP contribution in [0.1, 0.15) is 51.9 Å². The molecular weight excluding hydrogens is 212 g/mol. The van der Waals surface area contributed by atoms with Crippen molar-refractivity contribution in [1.82, 2.24) is 10.3 Å². The third-order valence-corrected chi connectivity index (χ3v) is 4.13. The molecule has 4 nitrogen and oxygen atoms in total. The van der Waals surface area contributed by atoms with Crippen molar-refractivity contribution in [2.45, 2.75) is 57.9 Å². The minimum atomic E-state index is 0.684. The van der Waals surface area contributed by atoms with Crippen LogP contribution in [0.15, 0.2) is 4.99 Å². The van der Waals surface area contributed by atoms with E-state index in [-0.39, 0.29) is 0 Å². The van der Waals surface area contributed by atoms with Gasteiger partial charge >= 0.3 is 0 Å². The second-order valence-electron chi connectivity index (χ2n) is 5.30. The zero-order chi connectivity index (χ0) is 12.1. The molecule has 0 spiro atoms. The molecule has 1 heterocycles. The number of nitrogens with zero attached hydrogens (tertiary/aromatic N) is 2. The number of hydrazine groups is 1. The van der Waals surface area contributed by atoms with E-state index in [1.165, 1.54) is 38.5 Å². The largest absolute Gasteiger partial charge is 0.339 e. The Labute approximate surface area is 105 Å². The van der Waals surface area contributed by atoms with Crippen LogP contribution in [0.25, 0.3) is 0 Å². The van der Waals surface area contributed by atoms with Gasteiger partial charge in [-0.05, 0) is 38.0 Å².